The van der Waals surface area contributed by atoms with Crippen LogP contribution in [0.4, 0.5) is 8.78 Å². The fourth-order valence-corrected chi connectivity index (χ4v) is 2.89. The van der Waals surface area contributed by atoms with E-state index in [1.807, 2.05) is 0 Å². The van der Waals surface area contributed by atoms with Crippen molar-refractivity contribution in [3.63, 3.8) is 0 Å². The van der Waals surface area contributed by atoms with E-state index >= 15 is 0 Å². The molecule has 0 amide bonds. The second-order valence-corrected chi connectivity index (χ2v) is 5.30. The van der Waals surface area contributed by atoms with Gasteiger partial charge in [0, 0.05) is 64.2 Å². The molecule has 3 aliphatic rings. The van der Waals surface area contributed by atoms with Crippen LogP contribution in [-0.2, 0) is 0 Å². The zero-order valence-electron chi connectivity index (χ0n) is 9.46. The molecule has 1 N–H and O–H groups in total. The molecule has 0 unspecified atom stereocenters. The first kappa shape index (κ1) is 10.9. The van der Waals surface area contributed by atoms with E-state index in [-0.39, 0.29) is 18.9 Å². The highest BCUT2D eigenvalue weighted by atomic mass is 19.3. The van der Waals surface area contributed by atoms with Gasteiger partial charge in [-0.2, -0.15) is 0 Å². The summed E-state index contributed by atoms with van der Waals surface area (Å²) in [6, 6.07) is 0.849. The van der Waals surface area contributed by atoms with E-state index in [0.29, 0.717) is 6.04 Å². The number of alkyl halides is 2. The summed E-state index contributed by atoms with van der Waals surface area (Å²) in [4.78, 5) is 4.74. The Balaban J connectivity index is 1.44. The summed E-state index contributed by atoms with van der Waals surface area (Å²) in [5.74, 6) is -2.38. The Morgan fingerprint density at radius 3 is 1.75 bits per heavy atom. The van der Waals surface area contributed by atoms with Gasteiger partial charge in [-0.05, 0) is 0 Å². The summed E-state index contributed by atoms with van der Waals surface area (Å²) in [6.07, 6.45) is 0.163. The Kier molecular flexibility index (Phi) is 2.64. The maximum absolute atomic E-state index is 12.8. The van der Waals surface area contributed by atoms with Gasteiger partial charge in [0.05, 0.1) is 0 Å². The number of halogens is 2. The minimum atomic E-state index is -2.38. The van der Waals surface area contributed by atoms with Crippen molar-refractivity contribution < 1.29 is 8.78 Å². The fourth-order valence-electron chi connectivity index (χ4n) is 2.89. The lowest BCUT2D eigenvalue weighted by molar-refractivity contribution is -0.131. The monoisotopic (exact) mass is 231 g/mol. The maximum atomic E-state index is 12.8. The molecule has 2 aliphatic heterocycles. The number of piperazine rings is 1. The summed E-state index contributed by atoms with van der Waals surface area (Å²) in [7, 11) is 0. The molecule has 16 heavy (non-hydrogen) atoms. The van der Waals surface area contributed by atoms with Crippen LogP contribution in [0, 0.1) is 0 Å². The number of nitrogens with zero attached hydrogens (tertiary/aromatic N) is 2. The smallest absolute Gasteiger partial charge is 0.251 e. The zero-order chi connectivity index (χ0) is 11.2. The Bertz CT molecular complexity index is 252. The van der Waals surface area contributed by atoms with Crippen molar-refractivity contribution in [1.29, 1.82) is 0 Å². The van der Waals surface area contributed by atoms with E-state index in [1.54, 1.807) is 0 Å². The van der Waals surface area contributed by atoms with Crippen LogP contribution in [0.2, 0.25) is 0 Å². The number of hydrogen-bond donors (Lipinski definition) is 1. The van der Waals surface area contributed by atoms with Gasteiger partial charge in [0.15, 0.2) is 0 Å². The molecule has 3 fully saturated rings. The zero-order valence-corrected chi connectivity index (χ0v) is 9.46. The molecule has 1 aliphatic carbocycles. The van der Waals surface area contributed by atoms with Gasteiger partial charge in [-0.3, -0.25) is 9.80 Å². The quantitative estimate of drug-likeness (QED) is 0.741. The molecule has 3 nitrogen and oxygen atoms in total. The average Bonchev–Trinajstić information content (AvgIpc) is 2.12. The van der Waals surface area contributed by atoms with Crippen LogP contribution in [0.1, 0.15) is 12.8 Å². The third-order valence-electron chi connectivity index (χ3n) is 4.21. The fraction of sp³-hybridized carbons (Fsp3) is 1.00. The lowest BCUT2D eigenvalue weighted by Crippen LogP contribution is -2.63. The van der Waals surface area contributed by atoms with Crippen molar-refractivity contribution in [3.05, 3.63) is 0 Å². The standard InChI is InChI=1S/C11H19F2N3/c12-11(13)5-9(6-11)15-1-3-16(4-2-15)10-7-14-8-10/h9-10,14H,1-8H2. The Hall–Kier alpha value is -0.260. The van der Waals surface area contributed by atoms with Gasteiger partial charge in [0.25, 0.3) is 5.92 Å². The summed E-state index contributed by atoms with van der Waals surface area (Å²) < 4.78 is 25.5. The first-order valence-corrected chi connectivity index (χ1v) is 6.21. The van der Waals surface area contributed by atoms with Crippen molar-refractivity contribution in [2.75, 3.05) is 39.3 Å². The van der Waals surface area contributed by atoms with E-state index < -0.39 is 5.92 Å². The topological polar surface area (TPSA) is 18.5 Å². The molecule has 5 heteroatoms. The second-order valence-electron chi connectivity index (χ2n) is 5.30. The van der Waals surface area contributed by atoms with E-state index in [1.165, 1.54) is 0 Å². The van der Waals surface area contributed by atoms with Gasteiger partial charge >= 0.3 is 0 Å². The second kappa shape index (κ2) is 3.89. The van der Waals surface area contributed by atoms with Crippen molar-refractivity contribution in [3.8, 4) is 0 Å². The molecule has 1 saturated carbocycles. The molecular weight excluding hydrogens is 212 g/mol. The van der Waals surface area contributed by atoms with E-state index in [9.17, 15) is 8.78 Å². The predicted octanol–water partition coefficient (Wildman–Crippen LogP) is 0.373. The molecule has 0 aromatic rings. The maximum Gasteiger partial charge on any atom is 0.251 e. The van der Waals surface area contributed by atoms with Crippen LogP contribution in [0.5, 0.6) is 0 Å². The van der Waals surface area contributed by atoms with E-state index in [4.69, 9.17) is 0 Å². The molecule has 0 atom stereocenters. The highest BCUT2D eigenvalue weighted by Gasteiger charge is 2.48. The van der Waals surface area contributed by atoms with Gasteiger partial charge < -0.3 is 5.32 Å². The van der Waals surface area contributed by atoms with Gasteiger partial charge in [-0.15, -0.1) is 0 Å². The minimum absolute atomic E-state index is 0.0813. The molecule has 3 rings (SSSR count). The summed E-state index contributed by atoms with van der Waals surface area (Å²) in [5.41, 5.74) is 0. The SMILES string of the molecule is FC1(F)CC(N2CCN(C3CNC3)CC2)C1. The van der Waals surface area contributed by atoms with Crippen LogP contribution in [-0.4, -0.2) is 67.1 Å². The molecule has 0 aromatic carbocycles. The predicted molar refractivity (Wildman–Crippen MR) is 57.8 cm³/mol. The van der Waals surface area contributed by atoms with Gasteiger partial charge in [-0.1, -0.05) is 0 Å². The third kappa shape index (κ3) is 1.96. The molecule has 0 aromatic heterocycles. The highest BCUT2D eigenvalue weighted by Crippen LogP contribution is 2.40. The summed E-state index contributed by atoms with van der Waals surface area (Å²) in [6.45, 7) is 6.24. The van der Waals surface area contributed by atoms with Crippen molar-refractivity contribution in [1.82, 2.24) is 15.1 Å². The summed E-state index contributed by atoms with van der Waals surface area (Å²) in [5, 5.41) is 3.27. The van der Waals surface area contributed by atoms with E-state index in [0.717, 1.165) is 39.3 Å². The Morgan fingerprint density at radius 1 is 0.875 bits per heavy atom. The molecular formula is C11H19F2N3. The third-order valence-corrected chi connectivity index (χ3v) is 4.21. The lowest BCUT2D eigenvalue weighted by Gasteiger charge is -2.48. The number of hydrogen-bond acceptors (Lipinski definition) is 3. The van der Waals surface area contributed by atoms with Crippen LogP contribution in [0.3, 0.4) is 0 Å². The first-order valence-electron chi connectivity index (χ1n) is 6.21. The number of rotatable bonds is 2. The molecule has 92 valence electrons. The number of nitrogens with one attached hydrogen (secondary N) is 1. The molecule has 2 heterocycles. The molecule has 2 saturated heterocycles. The van der Waals surface area contributed by atoms with Crippen molar-refractivity contribution >= 4 is 0 Å². The molecule has 0 spiro atoms. The van der Waals surface area contributed by atoms with Crippen LogP contribution >= 0.6 is 0 Å². The van der Waals surface area contributed by atoms with Crippen LogP contribution in [0.15, 0.2) is 0 Å². The van der Waals surface area contributed by atoms with Crippen molar-refractivity contribution in [2.24, 2.45) is 0 Å². The average molecular weight is 231 g/mol. The van der Waals surface area contributed by atoms with E-state index in [2.05, 4.69) is 15.1 Å². The summed E-state index contributed by atoms with van der Waals surface area (Å²) >= 11 is 0. The van der Waals surface area contributed by atoms with Crippen molar-refractivity contribution in [2.45, 2.75) is 30.8 Å². The van der Waals surface area contributed by atoms with Gasteiger partial charge in [-0.25, -0.2) is 8.78 Å². The van der Waals surface area contributed by atoms with Crippen LogP contribution < -0.4 is 5.32 Å². The minimum Gasteiger partial charge on any atom is -0.314 e. The Labute approximate surface area is 94.8 Å². The highest BCUT2D eigenvalue weighted by molar-refractivity contribution is 4.95. The molecule has 0 bridgehead atoms. The lowest BCUT2D eigenvalue weighted by atomic mass is 9.86. The van der Waals surface area contributed by atoms with Gasteiger partial charge in [0.1, 0.15) is 0 Å². The van der Waals surface area contributed by atoms with Gasteiger partial charge in [0.2, 0.25) is 0 Å². The van der Waals surface area contributed by atoms with Crippen LogP contribution in [0.25, 0.3) is 0 Å². The first-order chi connectivity index (χ1) is 7.64. The largest absolute Gasteiger partial charge is 0.314 e. The Morgan fingerprint density at radius 2 is 1.38 bits per heavy atom. The normalized spacial score (nSPS) is 33.4. The molecule has 0 radical (unpaired) electrons.